The summed E-state index contributed by atoms with van der Waals surface area (Å²) in [5.74, 6) is -2.47. The van der Waals surface area contributed by atoms with E-state index in [4.69, 9.17) is 4.74 Å². The monoisotopic (exact) mass is 448 g/mol. The van der Waals surface area contributed by atoms with Crippen LogP contribution in [0, 0.1) is 13.8 Å². The van der Waals surface area contributed by atoms with Crippen LogP contribution in [0.1, 0.15) is 38.1 Å². The number of thiazole rings is 1. The molecule has 1 atom stereocenters. The number of aromatic nitrogens is 1. The van der Waals surface area contributed by atoms with Gasteiger partial charge in [-0.3, -0.25) is 14.5 Å². The van der Waals surface area contributed by atoms with Crippen molar-refractivity contribution in [3.8, 4) is 0 Å². The van der Waals surface area contributed by atoms with Crippen molar-refractivity contribution in [2.45, 2.75) is 19.9 Å². The smallest absolute Gasteiger partial charge is 0.350 e. The molecule has 32 heavy (non-hydrogen) atoms. The van der Waals surface area contributed by atoms with Gasteiger partial charge < -0.3 is 9.84 Å². The number of aryl methyl sites for hydroxylation is 2. The van der Waals surface area contributed by atoms with E-state index in [9.17, 15) is 19.5 Å². The number of hydrogen-bond donors (Lipinski definition) is 1. The third-order valence-corrected chi connectivity index (χ3v) is 6.38. The fourth-order valence-electron chi connectivity index (χ4n) is 3.61. The third-order valence-electron chi connectivity index (χ3n) is 5.25. The molecular formula is C24H20N2O5S. The van der Waals surface area contributed by atoms with Crippen molar-refractivity contribution in [3.63, 3.8) is 0 Å². The Kier molecular flexibility index (Phi) is 5.63. The molecule has 4 rings (SSSR count). The molecule has 0 radical (unpaired) electrons. The van der Waals surface area contributed by atoms with Crippen LogP contribution in [0.4, 0.5) is 5.13 Å². The van der Waals surface area contributed by atoms with Crippen LogP contribution in [0.25, 0.3) is 5.76 Å². The van der Waals surface area contributed by atoms with Crippen molar-refractivity contribution in [2.75, 3.05) is 12.0 Å². The molecule has 1 aliphatic heterocycles. The highest BCUT2D eigenvalue weighted by atomic mass is 32.1. The number of ketones is 1. The Morgan fingerprint density at radius 2 is 1.72 bits per heavy atom. The number of aliphatic hydroxyl groups is 1. The highest BCUT2D eigenvalue weighted by molar-refractivity contribution is 7.17. The number of hydrogen-bond acceptors (Lipinski definition) is 7. The van der Waals surface area contributed by atoms with Gasteiger partial charge in [-0.15, -0.1) is 0 Å². The number of carbonyl (C=O) groups is 3. The number of rotatable bonds is 4. The standard InChI is InChI=1S/C24H20N2O5S/c1-13-9-11-15(12-10-13)18-17(19(27)16-7-5-4-6-8-16)20(28)22(29)26(18)24-25-14(2)21(32-24)23(30)31-3/h4-12,18,27H,1-3H3. The Hall–Kier alpha value is -3.78. The first-order valence-electron chi connectivity index (χ1n) is 9.82. The highest BCUT2D eigenvalue weighted by Gasteiger charge is 2.48. The molecule has 8 heteroatoms. The molecule has 1 aromatic heterocycles. The fraction of sp³-hybridized carbons (Fsp3) is 0.167. The lowest BCUT2D eigenvalue weighted by Crippen LogP contribution is -2.29. The molecule has 1 N–H and O–H groups in total. The van der Waals surface area contributed by atoms with E-state index in [1.54, 1.807) is 49.4 Å². The minimum Gasteiger partial charge on any atom is -0.507 e. The lowest BCUT2D eigenvalue weighted by molar-refractivity contribution is -0.132. The Labute approximate surface area is 188 Å². The zero-order chi connectivity index (χ0) is 23.0. The number of carbonyl (C=O) groups excluding carboxylic acids is 3. The van der Waals surface area contributed by atoms with Gasteiger partial charge in [-0.2, -0.15) is 0 Å². The molecule has 0 saturated carbocycles. The topological polar surface area (TPSA) is 96.8 Å². The summed E-state index contributed by atoms with van der Waals surface area (Å²) in [7, 11) is 1.26. The maximum absolute atomic E-state index is 13.1. The summed E-state index contributed by atoms with van der Waals surface area (Å²) in [6, 6.07) is 15.0. The van der Waals surface area contributed by atoms with Gasteiger partial charge in [0.1, 0.15) is 10.6 Å². The van der Waals surface area contributed by atoms with Crippen LogP contribution in [-0.2, 0) is 14.3 Å². The minimum absolute atomic E-state index is 0.0301. The van der Waals surface area contributed by atoms with E-state index in [1.807, 2.05) is 19.1 Å². The molecule has 1 fully saturated rings. The van der Waals surface area contributed by atoms with Crippen molar-refractivity contribution < 1.29 is 24.2 Å². The van der Waals surface area contributed by atoms with Gasteiger partial charge in [0.15, 0.2) is 5.13 Å². The largest absolute Gasteiger partial charge is 0.507 e. The van der Waals surface area contributed by atoms with Crippen molar-refractivity contribution in [2.24, 2.45) is 0 Å². The van der Waals surface area contributed by atoms with Crippen LogP contribution < -0.4 is 4.90 Å². The van der Waals surface area contributed by atoms with Crippen molar-refractivity contribution in [1.82, 2.24) is 4.98 Å². The summed E-state index contributed by atoms with van der Waals surface area (Å²) in [6.07, 6.45) is 0. The number of methoxy groups -OCH3 is 1. The van der Waals surface area contributed by atoms with Crippen molar-refractivity contribution in [1.29, 1.82) is 0 Å². The number of esters is 1. The predicted octanol–water partition coefficient (Wildman–Crippen LogP) is 4.17. The zero-order valence-electron chi connectivity index (χ0n) is 17.7. The number of benzene rings is 2. The number of amides is 1. The first-order chi connectivity index (χ1) is 15.3. The third kappa shape index (κ3) is 3.58. The van der Waals surface area contributed by atoms with Gasteiger partial charge in [0, 0.05) is 5.56 Å². The molecular weight excluding hydrogens is 428 g/mol. The quantitative estimate of drug-likeness (QED) is 0.278. The lowest BCUT2D eigenvalue weighted by Gasteiger charge is -2.23. The number of ether oxygens (including phenoxy) is 1. The molecule has 2 aromatic carbocycles. The van der Waals surface area contributed by atoms with Crippen LogP contribution in [0.2, 0.25) is 0 Å². The normalized spacial score (nSPS) is 17.6. The Morgan fingerprint density at radius 3 is 2.34 bits per heavy atom. The van der Waals surface area contributed by atoms with Gasteiger partial charge in [0.2, 0.25) is 0 Å². The molecule has 0 aliphatic carbocycles. The summed E-state index contributed by atoms with van der Waals surface area (Å²) < 4.78 is 4.79. The molecule has 0 bridgehead atoms. The Morgan fingerprint density at radius 1 is 1.06 bits per heavy atom. The van der Waals surface area contributed by atoms with Gasteiger partial charge in [-0.25, -0.2) is 9.78 Å². The van der Waals surface area contributed by atoms with Crippen LogP contribution in [-0.4, -0.2) is 34.9 Å². The van der Waals surface area contributed by atoms with E-state index in [-0.39, 0.29) is 21.3 Å². The predicted molar refractivity (Wildman–Crippen MR) is 121 cm³/mol. The highest BCUT2D eigenvalue weighted by Crippen LogP contribution is 2.43. The van der Waals surface area contributed by atoms with Gasteiger partial charge in [0.05, 0.1) is 24.4 Å². The van der Waals surface area contributed by atoms with Crippen LogP contribution in [0.15, 0.2) is 60.2 Å². The molecule has 2 heterocycles. The number of anilines is 1. The summed E-state index contributed by atoms with van der Waals surface area (Å²) in [4.78, 5) is 44.2. The van der Waals surface area contributed by atoms with Crippen LogP contribution >= 0.6 is 11.3 Å². The van der Waals surface area contributed by atoms with Gasteiger partial charge in [0.25, 0.3) is 5.78 Å². The second kappa shape index (κ2) is 8.39. The van der Waals surface area contributed by atoms with Gasteiger partial charge >= 0.3 is 11.9 Å². The molecule has 162 valence electrons. The number of Topliss-reactive ketones (excluding diaryl/α,β-unsaturated/α-hetero) is 1. The summed E-state index contributed by atoms with van der Waals surface area (Å²) in [6.45, 7) is 3.56. The maximum Gasteiger partial charge on any atom is 0.350 e. The Balaban J connectivity index is 1.93. The summed E-state index contributed by atoms with van der Waals surface area (Å²) >= 11 is 0.969. The van der Waals surface area contributed by atoms with E-state index in [0.717, 1.165) is 16.9 Å². The SMILES string of the molecule is COC(=O)c1sc(N2C(=O)C(=O)C(=C(O)c3ccccc3)C2c2ccc(C)cc2)nc1C. The van der Waals surface area contributed by atoms with Crippen molar-refractivity contribution in [3.05, 3.63) is 87.4 Å². The summed E-state index contributed by atoms with van der Waals surface area (Å²) in [5, 5.41) is 11.2. The molecule has 7 nitrogen and oxygen atoms in total. The maximum atomic E-state index is 13.1. The number of nitrogens with zero attached hydrogens (tertiary/aromatic N) is 2. The van der Waals surface area contributed by atoms with E-state index in [2.05, 4.69) is 4.98 Å². The second-order valence-electron chi connectivity index (χ2n) is 7.35. The fourth-order valence-corrected chi connectivity index (χ4v) is 4.62. The molecule has 1 saturated heterocycles. The molecule has 1 amide bonds. The van der Waals surface area contributed by atoms with Gasteiger partial charge in [-0.1, -0.05) is 71.5 Å². The average molecular weight is 449 g/mol. The molecule has 0 spiro atoms. The van der Waals surface area contributed by atoms with Crippen LogP contribution in [0.5, 0.6) is 0 Å². The zero-order valence-corrected chi connectivity index (χ0v) is 18.5. The average Bonchev–Trinajstić information content (AvgIpc) is 3.31. The van der Waals surface area contributed by atoms with E-state index >= 15 is 0 Å². The summed E-state index contributed by atoms with van der Waals surface area (Å²) in [5.41, 5.74) is 2.43. The second-order valence-corrected chi connectivity index (χ2v) is 8.33. The lowest BCUT2D eigenvalue weighted by atomic mass is 9.95. The van der Waals surface area contributed by atoms with E-state index in [1.165, 1.54) is 12.0 Å². The first kappa shape index (κ1) is 21.5. The number of aliphatic hydroxyl groups excluding tert-OH is 1. The molecule has 3 aromatic rings. The van der Waals surface area contributed by atoms with Gasteiger partial charge in [-0.05, 0) is 19.4 Å². The molecule has 1 aliphatic rings. The van der Waals surface area contributed by atoms with Crippen LogP contribution in [0.3, 0.4) is 0 Å². The minimum atomic E-state index is -0.896. The van der Waals surface area contributed by atoms with E-state index < -0.39 is 23.7 Å². The van der Waals surface area contributed by atoms with E-state index in [0.29, 0.717) is 16.8 Å². The van der Waals surface area contributed by atoms with Crippen molar-refractivity contribution >= 4 is 39.9 Å². The molecule has 1 unspecified atom stereocenters. The first-order valence-corrected chi connectivity index (χ1v) is 10.6. The Bertz CT molecular complexity index is 1250.